The van der Waals surface area contributed by atoms with Gasteiger partial charge in [-0.05, 0) is 76.4 Å². The van der Waals surface area contributed by atoms with Crippen LogP contribution in [0.4, 0.5) is 0 Å². The molecule has 0 aliphatic carbocycles. The van der Waals surface area contributed by atoms with Crippen molar-refractivity contribution in [2.45, 2.75) is 0 Å². The molecular formula is C50H32IrN4-2. The van der Waals surface area contributed by atoms with Crippen molar-refractivity contribution in [2.24, 2.45) is 0 Å². The van der Waals surface area contributed by atoms with Gasteiger partial charge >= 0.3 is 0 Å². The van der Waals surface area contributed by atoms with Crippen molar-refractivity contribution in [3.63, 3.8) is 0 Å². The zero-order chi connectivity index (χ0) is 35.8. The largest absolute Gasteiger partial charge is 0.327 e. The summed E-state index contributed by atoms with van der Waals surface area (Å²) in [5.74, 6) is 0. The molecule has 0 aliphatic heterocycles. The molecule has 4 aromatic heterocycles. The minimum absolute atomic E-state index is 0. The fourth-order valence-corrected chi connectivity index (χ4v) is 7.70. The van der Waals surface area contributed by atoms with Gasteiger partial charge in [-0.2, -0.15) is 0 Å². The van der Waals surface area contributed by atoms with Crippen molar-refractivity contribution in [1.82, 2.24) is 19.1 Å². The zero-order valence-corrected chi connectivity index (χ0v) is 32.0. The zero-order valence-electron chi connectivity index (χ0n) is 29.6. The molecule has 0 bridgehead atoms. The summed E-state index contributed by atoms with van der Waals surface area (Å²) in [6, 6.07) is 69.9. The number of benzene rings is 7. The number of nitrogens with zero attached hydrogens (tertiary/aromatic N) is 4. The molecule has 7 aromatic carbocycles. The molecular weight excluding hydrogens is 849 g/mol. The molecule has 0 saturated carbocycles. The molecule has 55 heavy (non-hydrogen) atoms. The quantitative estimate of drug-likeness (QED) is 0.165. The van der Waals surface area contributed by atoms with E-state index < -0.39 is 0 Å². The molecule has 11 rings (SSSR count). The molecule has 0 fully saturated rings. The maximum absolute atomic E-state index is 4.56. The predicted octanol–water partition coefficient (Wildman–Crippen LogP) is 12.4. The van der Waals surface area contributed by atoms with E-state index in [1.807, 2.05) is 79.1 Å². The van der Waals surface area contributed by atoms with Crippen LogP contribution in [0.1, 0.15) is 0 Å². The maximum atomic E-state index is 4.56. The minimum atomic E-state index is 0. The summed E-state index contributed by atoms with van der Waals surface area (Å²) in [4.78, 5) is 9.01. The van der Waals surface area contributed by atoms with Gasteiger partial charge in [-0.25, -0.2) is 0 Å². The van der Waals surface area contributed by atoms with Gasteiger partial charge in [0.05, 0.1) is 22.1 Å². The average molecular weight is 881 g/mol. The Hall–Kier alpha value is -6.65. The fourth-order valence-electron chi connectivity index (χ4n) is 7.70. The molecule has 5 heteroatoms. The van der Waals surface area contributed by atoms with Crippen molar-refractivity contribution in [3.05, 3.63) is 207 Å². The van der Waals surface area contributed by atoms with Crippen LogP contribution in [0.2, 0.25) is 0 Å². The summed E-state index contributed by atoms with van der Waals surface area (Å²) in [7, 11) is 0. The second kappa shape index (κ2) is 14.6. The first kappa shape index (κ1) is 34.1. The second-order valence-electron chi connectivity index (χ2n) is 13.3. The van der Waals surface area contributed by atoms with Gasteiger partial charge in [-0.3, -0.25) is 0 Å². The summed E-state index contributed by atoms with van der Waals surface area (Å²) in [5, 5.41) is 7.40. The molecule has 1 radical (unpaired) electrons. The Kier molecular flexibility index (Phi) is 9.09. The summed E-state index contributed by atoms with van der Waals surface area (Å²) in [6.45, 7) is 0. The van der Waals surface area contributed by atoms with E-state index in [4.69, 9.17) is 0 Å². The molecule has 4 heterocycles. The molecule has 0 spiro atoms. The molecule has 0 amide bonds. The summed E-state index contributed by atoms with van der Waals surface area (Å²) < 4.78 is 4.75. The van der Waals surface area contributed by atoms with Crippen LogP contribution in [0.15, 0.2) is 194 Å². The Morgan fingerprint density at radius 1 is 0.382 bits per heavy atom. The molecule has 0 unspecified atom stereocenters. The van der Waals surface area contributed by atoms with Gasteiger partial charge < -0.3 is 19.1 Å². The van der Waals surface area contributed by atoms with E-state index in [-0.39, 0.29) is 20.1 Å². The van der Waals surface area contributed by atoms with E-state index in [0.29, 0.717) is 0 Å². The Morgan fingerprint density at radius 2 is 1.02 bits per heavy atom. The third-order valence-corrected chi connectivity index (χ3v) is 10.1. The first-order chi connectivity index (χ1) is 26.8. The number of aromatic nitrogens is 4. The van der Waals surface area contributed by atoms with E-state index in [2.05, 4.69) is 146 Å². The smallest absolute Gasteiger partial charge is 0.0562 e. The van der Waals surface area contributed by atoms with Crippen LogP contribution >= 0.6 is 0 Å². The van der Waals surface area contributed by atoms with Crippen molar-refractivity contribution in [2.75, 3.05) is 0 Å². The van der Waals surface area contributed by atoms with Gasteiger partial charge in [-0.1, -0.05) is 91.0 Å². The molecule has 0 saturated heterocycles. The van der Waals surface area contributed by atoms with Crippen LogP contribution in [0.5, 0.6) is 0 Å². The maximum Gasteiger partial charge on any atom is 0.0562 e. The van der Waals surface area contributed by atoms with Gasteiger partial charge in [0.25, 0.3) is 0 Å². The van der Waals surface area contributed by atoms with Gasteiger partial charge in [0.1, 0.15) is 0 Å². The van der Waals surface area contributed by atoms with Crippen LogP contribution < -0.4 is 0 Å². The molecule has 11 aromatic rings. The Labute approximate surface area is 332 Å². The van der Waals surface area contributed by atoms with E-state index >= 15 is 0 Å². The normalized spacial score (nSPS) is 11.1. The van der Waals surface area contributed by atoms with Crippen LogP contribution in [-0.4, -0.2) is 19.1 Å². The number of rotatable bonds is 4. The van der Waals surface area contributed by atoms with Crippen molar-refractivity contribution in [1.29, 1.82) is 0 Å². The molecule has 0 N–H and O–H groups in total. The topological polar surface area (TPSA) is 35.6 Å². The van der Waals surface area contributed by atoms with Crippen molar-refractivity contribution < 1.29 is 20.1 Å². The number of hydrogen-bond acceptors (Lipinski definition) is 2. The SMILES string of the molecule is [Ir].[c-]1ccc(-n2c3ccccc3c3cc4c5ccccc5n(-c5ccccc5)c4cc32)cc1-c1ccccn1.[c-]1ccccc1-c1nccc2ccccc12. The fraction of sp³-hybridized carbons (Fsp3) is 0. The van der Waals surface area contributed by atoms with Crippen LogP contribution in [0, 0.1) is 12.1 Å². The van der Waals surface area contributed by atoms with E-state index in [0.717, 1.165) is 33.9 Å². The van der Waals surface area contributed by atoms with Gasteiger partial charge in [0.2, 0.25) is 0 Å². The number of fused-ring (bicyclic) bond motifs is 7. The summed E-state index contributed by atoms with van der Waals surface area (Å²) in [6.07, 6.45) is 3.67. The first-order valence-electron chi connectivity index (χ1n) is 18.1. The Bertz CT molecular complexity index is 3090. The third-order valence-electron chi connectivity index (χ3n) is 10.1. The Morgan fingerprint density at radius 3 is 1.73 bits per heavy atom. The van der Waals surface area contributed by atoms with Crippen molar-refractivity contribution in [3.8, 4) is 33.9 Å². The van der Waals surface area contributed by atoms with Gasteiger partial charge in [0, 0.05) is 59.7 Å². The number of para-hydroxylation sites is 3. The number of hydrogen-bond donors (Lipinski definition) is 0. The Balaban J connectivity index is 0.000000196. The summed E-state index contributed by atoms with van der Waals surface area (Å²) in [5.41, 5.74) is 11.0. The van der Waals surface area contributed by atoms with Crippen molar-refractivity contribution >= 4 is 54.4 Å². The van der Waals surface area contributed by atoms with E-state index in [9.17, 15) is 0 Å². The number of pyridine rings is 2. The van der Waals surface area contributed by atoms with Crippen LogP contribution in [0.3, 0.4) is 0 Å². The van der Waals surface area contributed by atoms with E-state index in [1.165, 1.54) is 54.4 Å². The van der Waals surface area contributed by atoms with E-state index in [1.54, 1.807) is 0 Å². The third kappa shape index (κ3) is 6.10. The first-order valence-corrected chi connectivity index (χ1v) is 18.1. The molecule has 0 atom stereocenters. The van der Waals surface area contributed by atoms with Gasteiger partial charge in [0.15, 0.2) is 0 Å². The molecule has 0 aliphatic rings. The van der Waals surface area contributed by atoms with Gasteiger partial charge in [-0.15, -0.1) is 65.7 Å². The standard InChI is InChI=1S/C35H22N3.C15H10N.Ir/c1-2-12-25(13-3-1)37-32-18-6-4-15-27(32)29-22-30-28-16-5-7-19-33(28)38(35(30)23-34(29)37)26-14-10-11-24(21-26)31-17-8-9-20-36-31;1-2-7-13(8-3-1)15-14-9-5-4-6-12(14)10-11-16-15;/h1-10,12-23H;1-7,9-11H;/q2*-1;. The monoisotopic (exact) mass is 881 g/mol. The predicted molar refractivity (Wildman–Crippen MR) is 223 cm³/mol. The second-order valence-corrected chi connectivity index (χ2v) is 13.3. The summed E-state index contributed by atoms with van der Waals surface area (Å²) >= 11 is 0. The minimum Gasteiger partial charge on any atom is -0.327 e. The molecule has 263 valence electrons. The molecule has 4 nitrogen and oxygen atoms in total. The van der Waals surface area contributed by atoms with Crippen LogP contribution in [-0.2, 0) is 20.1 Å². The van der Waals surface area contributed by atoms with Crippen LogP contribution in [0.25, 0.3) is 88.3 Å². The average Bonchev–Trinajstić information content (AvgIpc) is 3.76.